The minimum atomic E-state index is -0.155. The predicted octanol–water partition coefficient (Wildman–Crippen LogP) is 2.37. The van der Waals surface area contributed by atoms with Crippen molar-refractivity contribution in [2.75, 3.05) is 38.2 Å². The van der Waals surface area contributed by atoms with Crippen molar-refractivity contribution < 1.29 is 0 Å². The van der Waals surface area contributed by atoms with Crippen molar-refractivity contribution in [1.82, 2.24) is 14.9 Å². The van der Waals surface area contributed by atoms with Gasteiger partial charge in [0.05, 0.1) is 0 Å². The standard InChI is InChI=1S/C13H24ClN5/c1-13(2,3)12-17-10(14)9(15)11(18-12)16-7-6-8-19(4)5/h6-8,15H2,1-5H3,(H,16,17,18). The number of aromatic nitrogens is 2. The Kier molecular flexibility index (Phi) is 5.38. The molecule has 6 heteroatoms. The maximum absolute atomic E-state index is 6.06. The highest BCUT2D eigenvalue weighted by atomic mass is 35.5. The summed E-state index contributed by atoms with van der Waals surface area (Å²) in [5.74, 6) is 1.32. The minimum Gasteiger partial charge on any atom is -0.393 e. The second-order valence-electron chi connectivity index (χ2n) is 5.93. The molecule has 0 saturated carbocycles. The number of rotatable bonds is 5. The lowest BCUT2D eigenvalue weighted by molar-refractivity contribution is 0.405. The molecule has 5 nitrogen and oxygen atoms in total. The Hall–Kier alpha value is -1.07. The van der Waals surface area contributed by atoms with Crippen LogP contribution in [0.2, 0.25) is 5.15 Å². The molecular weight excluding hydrogens is 262 g/mol. The van der Waals surface area contributed by atoms with Gasteiger partial charge in [-0.25, -0.2) is 9.97 Å². The second-order valence-corrected chi connectivity index (χ2v) is 6.29. The molecule has 1 aromatic heterocycles. The van der Waals surface area contributed by atoms with E-state index in [0.29, 0.717) is 22.5 Å². The summed E-state index contributed by atoms with van der Waals surface area (Å²) in [5.41, 5.74) is 6.17. The molecule has 0 aliphatic rings. The van der Waals surface area contributed by atoms with E-state index in [1.54, 1.807) is 0 Å². The molecule has 0 spiro atoms. The highest BCUT2D eigenvalue weighted by Gasteiger charge is 2.20. The molecule has 0 unspecified atom stereocenters. The monoisotopic (exact) mass is 285 g/mol. The van der Waals surface area contributed by atoms with Crippen LogP contribution in [0.1, 0.15) is 33.0 Å². The van der Waals surface area contributed by atoms with Gasteiger partial charge in [-0.2, -0.15) is 0 Å². The minimum absolute atomic E-state index is 0.155. The molecule has 0 saturated heterocycles. The number of nitrogen functional groups attached to an aromatic ring is 1. The molecule has 1 heterocycles. The molecule has 0 atom stereocenters. The number of halogens is 1. The normalized spacial score (nSPS) is 11.9. The summed E-state index contributed by atoms with van der Waals surface area (Å²) in [5, 5.41) is 3.55. The lowest BCUT2D eigenvalue weighted by Gasteiger charge is -2.19. The summed E-state index contributed by atoms with van der Waals surface area (Å²) in [7, 11) is 4.10. The van der Waals surface area contributed by atoms with E-state index in [4.69, 9.17) is 17.3 Å². The van der Waals surface area contributed by atoms with E-state index >= 15 is 0 Å². The van der Waals surface area contributed by atoms with Crippen LogP contribution in [-0.4, -0.2) is 42.1 Å². The maximum atomic E-state index is 6.06. The molecule has 1 aromatic rings. The zero-order valence-corrected chi connectivity index (χ0v) is 13.2. The van der Waals surface area contributed by atoms with Gasteiger partial charge in [0, 0.05) is 12.0 Å². The number of nitrogens with zero attached hydrogens (tertiary/aromatic N) is 3. The van der Waals surface area contributed by atoms with Gasteiger partial charge < -0.3 is 16.0 Å². The summed E-state index contributed by atoms with van der Waals surface area (Å²) in [6.07, 6.45) is 1.01. The SMILES string of the molecule is CN(C)CCCNc1nc(C(C)(C)C)nc(Cl)c1N. The van der Waals surface area contributed by atoms with Crippen LogP contribution < -0.4 is 11.1 Å². The van der Waals surface area contributed by atoms with Crippen LogP contribution in [-0.2, 0) is 5.41 Å². The first-order chi connectivity index (χ1) is 8.71. The van der Waals surface area contributed by atoms with Crippen LogP contribution in [0.4, 0.5) is 11.5 Å². The molecule has 0 amide bonds. The summed E-state index contributed by atoms with van der Waals surface area (Å²) in [6.45, 7) is 7.96. The van der Waals surface area contributed by atoms with E-state index < -0.39 is 0 Å². The van der Waals surface area contributed by atoms with Gasteiger partial charge >= 0.3 is 0 Å². The van der Waals surface area contributed by atoms with Crippen molar-refractivity contribution in [3.63, 3.8) is 0 Å². The summed E-state index contributed by atoms with van der Waals surface area (Å²) < 4.78 is 0. The topological polar surface area (TPSA) is 67.1 Å². The largest absolute Gasteiger partial charge is 0.393 e. The Morgan fingerprint density at radius 2 is 1.89 bits per heavy atom. The van der Waals surface area contributed by atoms with E-state index in [1.165, 1.54) is 0 Å². The Labute approximate surface area is 120 Å². The molecule has 0 aromatic carbocycles. The average Bonchev–Trinajstić information content (AvgIpc) is 2.27. The molecule has 0 radical (unpaired) electrons. The average molecular weight is 286 g/mol. The first-order valence-electron chi connectivity index (χ1n) is 6.44. The lowest BCUT2D eigenvalue weighted by atomic mass is 9.96. The zero-order chi connectivity index (χ0) is 14.6. The van der Waals surface area contributed by atoms with Gasteiger partial charge in [0.1, 0.15) is 11.5 Å². The van der Waals surface area contributed by atoms with Crippen LogP contribution in [0.25, 0.3) is 0 Å². The van der Waals surface area contributed by atoms with E-state index in [1.807, 2.05) is 34.9 Å². The Morgan fingerprint density at radius 1 is 1.26 bits per heavy atom. The molecule has 19 heavy (non-hydrogen) atoms. The van der Waals surface area contributed by atoms with Crippen molar-refractivity contribution in [1.29, 1.82) is 0 Å². The van der Waals surface area contributed by atoms with Gasteiger partial charge in [-0.3, -0.25) is 0 Å². The van der Waals surface area contributed by atoms with Crippen molar-refractivity contribution >= 4 is 23.1 Å². The van der Waals surface area contributed by atoms with Crippen LogP contribution in [0.3, 0.4) is 0 Å². The first-order valence-corrected chi connectivity index (χ1v) is 6.81. The number of anilines is 2. The zero-order valence-electron chi connectivity index (χ0n) is 12.4. The third kappa shape index (κ3) is 4.84. The smallest absolute Gasteiger partial charge is 0.157 e. The highest BCUT2D eigenvalue weighted by Crippen LogP contribution is 2.28. The van der Waals surface area contributed by atoms with Crippen molar-refractivity contribution in [3.8, 4) is 0 Å². The van der Waals surface area contributed by atoms with Gasteiger partial charge in [-0.05, 0) is 27.1 Å². The third-order valence-electron chi connectivity index (χ3n) is 2.64. The van der Waals surface area contributed by atoms with Crippen LogP contribution in [0, 0.1) is 0 Å². The fourth-order valence-corrected chi connectivity index (χ4v) is 1.68. The van der Waals surface area contributed by atoms with Crippen LogP contribution >= 0.6 is 11.6 Å². The molecule has 3 N–H and O–H groups in total. The molecule has 0 aliphatic carbocycles. The number of hydrogen-bond donors (Lipinski definition) is 2. The Balaban J connectivity index is 2.79. The van der Waals surface area contributed by atoms with Gasteiger partial charge in [0.2, 0.25) is 0 Å². The van der Waals surface area contributed by atoms with Crippen molar-refractivity contribution in [2.45, 2.75) is 32.6 Å². The van der Waals surface area contributed by atoms with Crippen molar-refractivity contribution in [3.05, 3.63) is 11.0 Å². The van der Waals surface area contributed by atoms with E-state index in [2.05, 4.69) is 20.2 Å². The van der Waals surface area contributed by atoms with Crippen LogP contribution in [0.15, 0.2) is 0 Å². The lowest BCUT2D eigenvalue weighted by Crippen LogP contribution is -2.20. The fourth-order valence-electron chi connectivity index (χ4n) is 1.51. The Morgan fingerprint density at radius 3 is 2.42 bits per heavy atom. The predicted molar refractivity (Wildman–Crippen MR) is 81.8 cm³/mol. The second kappa shape index (κ2) is 6.39. The van der Waals surface area contributed by atoms with Gasteiger partial charge in [0.15, 0.2) is 11.0 Å². The molecule has 0 fully saturated rings. The number of hydrogen-bond acceptors (Lipinski definition) is 5. The fraction of sp³-hybridized carbons (Fsp3) is 0.692. The highest BCUT2D eigenvalue weighted by molar-refractivity contribution is 6.32. The van der Waals surface area contributed by atoms with Gasteiger partial charge in [-0.1, -0.05) is 32.4 Å². The van der Waals surface area contributed by atoms with Gasteiger partial charge in [0.25, 0.3) is 0 Å². The summed E-state index contributed by atoms with van der Waals surface area (Å²) in [4.78, 5) is 10.9. The summed E-state index contributed by atoms with van der Waals surface area (Å²) in [6, 6.07) is 0. The molecule has 1 rings (SSSR count). The quantitative estimate of drug-likeness (QED) is 0.642. The van der Waals surface area contributed by atoms with Crippen molar-refractivity contribution in [2.24, 2.45) is 0 Å². The maximum Gasteiger partial charge on any atom is 0.157 e. The van der Waals surface area contributed by atoms with Gasteiger partial charge in [-0.15, -0.1) is 0 Å². The third-order valence-corrected chi connectivity index (χ3v) is 2.93. The molecular formula is C13H24ClN5. The molecule has 0 aliphatic heterocycles. The number of nitrogens with two attached hydrogens (primary N) is 1. The van der Waals surface area contributed by atoms with E-state index in [-0.39, 0.29) is 5.41 Å². The molecule has 0 bridgehead atoms. The van der Waals surface area contributed by atoms with E-state index in [0.717, 1.165) is 19.5 Å². The van der Waals surface area contributed by atoms with Crippen LogP contribution in [0.5, 0.6) is 0 Å². The van der Waals surface area contributed by atoms with E-state index in [9.17, 15) is 0 Å². The first kappa shape index (κ1) is 16.0. The Bertz CT molecular complexity index is 426. The summed E-state index contributed by atoms with van der Waals surface area (Å²) >= 11 is 6.06. The number of nitrogens with one attached hydrogen (secondary N) is 1. The molecule has 108 valence electrons.